The van der Waals surface area contributed by atoms with Crippen molar-refractivity contribution in [2.45, 2.75) is 18.4 Å². The fourth-order valence-electron chi connectivity index (χ4n) is 3.10. The second-order valence-electron chi connectivity index (χ2n) is 6.08. The van der Waals surface area contributed by atoms with Crippen LogP contribution in [0, 0.1) is 10.1 Å². The van der Waals surface area contributed by atoms with Crippen molar-refractivity contribution in [1.29, 1.82) is 0 Å². The molecule has 1 aromatic rings. The van der Waals surface area contributed by atoms with Crippen molar-refractivity contribution in [3.05, 3.63) is 34.4 Å². The molecule has 11 heteroatoms. The summed E-state index contributed by atoms with van der Waals surface area (Å²) >= 11 is 0. The highest BCUT2D eigenvalue weighted by atomic mass is 35.5. The number of piperazine rings is 1. The first-order chi connectivity index (χ1) is 11.4. The molecule has 0 saturated carbocycles. The number of nitrogens with one attached hydrogen (secondary N) is 1. The van der Waals surface area contributed by atoms with Gasteiger partial charge in [-0.05, 0) is 6.07 Å². The predicted molar refractivity (Wildman–Crippen MR) is 97.7 cm³/mol. The molecule has 1 aromatic carbocycles. The molecule has 0 radical (unpaired) electrons. The van der Waals surface area contributed by atoms with Gasteiger partial charge in [-0.15, -0.1) is 24.8 Å². The summed E-state index contributed by atoms with van der Waals surface area (Å²) in [5.74, 6) is -3.13. The fraction of sp³-hybridized carbons (Fsp3) is 0.533. The van der Waals surface area contributed by atoms with Crippen LogP contribution in [0.3, 0.4) is 0 Å². The van der Waals surface area contributed by atoms with Crippen LogP contribution in [0.25, 0.3) is 0 Å². The lowest BCUT2D eigenvalue weighted by molar-refractivity contribution is -0.384. The quantitative estimate of drug-likeness (QED) is 0.607. The van der Waals surface area contributed by atoms with Crippen LogP contribution in [-0.2, 0) is 4.79 Å². The van der Waals surface area contributed by atoms with Gasteiger partial charge in [0.1, 0.15) is 0 Å². The first-order valence-electron chi connectivity index (χ1n) is 7.75. The van der Waals surface area contributed by atoms with Crippen molar-refractivity contribution in [2.75, 3.05) is 37.6 Å². The van der Waals surface area contributed by atoms with Gasteiger partial charge in [-0.2, -0.15) is 0 Å². The zero-order valence-corrected chi connectivity index (χ0v) is 15.4. The first-order valence-corrected chi connectivity index (χ1v) is 7.75. The van der Waals surface area contributed by atoms with Crippen molar-refractivity contribution < 1.29 is 18.5 Å². The molecule has 26 heavy (non-hydrogen) atoms. The molecular formula is C15H20Cl2F2N4O3. The summed E-state index contributed by atoms with van der Waals surface area (Å²) in [7, 11) is 0. The standard InChI is InChI=1S/C15H18F2N4O3.2ClH/c16-15(17)9-13(18-10-15)14(22)20-6-4-19(5-7-20)11-2-1-3-12(8-11)21(23)24;;/h1-3,8,13,18H,4-7,9-10H2;2*1H. The number of alkyl halides is 2. The minimum atomic E-state index is -2.83. The van der Waals surface area contributed by atoms with Gasteiger partial charge in [-0.3, -0.25) is 20.2 Å². The van der Waals surface area contributed by atoms with Crippen molar-refractivity contribution in [3.8, 4) is 0 Å². The monoisotopic (exact) mass is 412 g/mol. The molecule has 2 heterocycles. The second kappa shape index (κ2) is 8.79. The highest BCUT2D eigenvalue weighted by Gasteiger charge is 2.43. The molecule has 3 rings (SSSR count). The minimum Gasteiger partial charge on any atom is -0.368 e. The molecule has 0 spiro atoms. The number of non-ortho nitro benzene ring substituents is 1. The van der Waals surface area contributed by atoms with E-state index in [4.69, 9.17) is 0 Å². The van der Waals surface area contributed by atoms with Gasteiger partial charge in [0.25, 0.3) is 11.6 Å². The Balaban J connectivity index is 0.00000169. The number of carbonyl (C=O) groups excluding carboxylic acids is 1. The Kier molecular flexibility index (Phi) is 7.55. The normalized spacial score (nSPS) is 21.5. The van der Waals surface area contributed by atoms with Crippen LogP contribution in [0.2, 0.25) is 0 Å². The van der Waals surface area contributed by atoms with E-state index in [2.05, 4.69) is 5.32 Å². The van der Waals surface area contributed by atoms with E-state index in [1.165, 1.54) is 12.1 Å². The Bertz CT molecular complexity index is 658. The predicted octanol–water partition coefficient (Wildman–Crippen LogP) is 2.08. The number of amides is 1. The molecule has 1 N–H and O–H groups in total. The molecule has 2 saturated heterocycles. The van der Waals surface area contributed by atoms with Crippen LogP contribution in [0.15, 0.2) is 24.3 Å². The molecule has 0 aliphatic carbocycles. The van der Waals surface area contributed by atoms with E-state index in [0.717, 1.165) is 5.69 Å². The Hall–Kier alpha value is -1.71. The SMILES string of the molecule is Cl.Cl.O=C(C1CC(F)(F)CN1)N1CCN(c2cccc([N+](=O)[O-])c2)CC1. The van der Waals surface area contributed by atoms with Gasteiger partial charge < -0.3 is 9.80 Å². The van der Waals surface area contributed by atoms with Gasteiger partial charge in [0.05, 0.1) is 17.5 Å². The van der Waals surface area contributed by atoms with Crippen molar-refractivity contribution in [3.63, 3.8) is 0 Å². The largest absolute Gasteiger partial charge is 0.368 e. The fourth-order valence-corrected chi connectivity index (χ4v) is 3.10. The van der Waals surface area contributed by atoms with Crippen LogP contribution in [-0.4, -0.2) is 60.4 Å². The van der Waals surface area contributed by atoms with Crippen molar-refractivity contribution >= 4 is 42.1 Å². The maximum atomic E-state index is 13.2. The maximum Gasteiger partial charge on any atom is 0.271 e. The summed E-state index contributed by atoms with van der Waals surface area (Å²) in [6.07, 6.45) is -0.461. The Morgan fingerprint density at radius 1 is 1.23 bits per heavy atom. The topological polar surface area (TPSA) is 78.7 Å². The van der Waals surface area contributed by atoms with Gasteiger partial charge in [0.2, 0.25) is 5.91 Å². The third-order valence-corrected chi connectivity index (χ3v) is 4.41. The second-order valence-corrected chi connectivity index (χ2v) is 6.08. The van der Waals surface area contributed by atoms with Gasteiger partial charge in [0, 0.05) is 50.4 Å². The molecule has 7 nitrogen and oxygen atoms in total. The van der Waals surface area contributed by atoms with Gasteiger partial charge in [-0.1, -0.05) is 6.07 Å². The molecule has 1 atom stereocenters. The summed E-state index contributed by atoms with van der Waals surface area (Å²) in [4.78, 5) is 26.2. The lowest BCUT2D eigenvalue weighted by Crippen LogP contribution is -2.53. The van der Waals surface area contributed by atoms with Gasteiger partial charge >= 0.3 is 0 Å². The summed E-state index contributed by atoms with van der Waals surface area (Å²) in [6.45, 7) is 1.37. The third kappa shape index (κ3) is 4.93. The van der Waals surface area contributed by atoms with E-state index in [-0.39, 0.29) is 36.4 Å². The van der Waals surface area contributed by atoms with E-state index in [1.54, 1.807) is 17.0 Å². The summed E-state index contributed by atoms with van der Waals surface area (Å²) in [5.41, 5.74) is 0.741. The average Bonchev–Trinajstić information content (AvgIpc) is 2.94. The van der Waals surface area contributed by atoms with Gasteiger partial charge in [0.15, 0.2) is 0 Å². The molecule has 0 bridgehead atoms. The summed E-state index contributed by atoms with van der Waals surface area (Å²) in [5, 5.41) is 13.4. The van der Waals surface area contributed by atoms with E-state index in [1.807, 2.05) is 4.90 Å². The number of nitrogens with zero attached hydrogens (tertiary/aromatic N) is 3. The average molecular weight is 413 g/mol. The lowest BCUT2D eigenvalue weighted by Gasteiger charge is -2.37. The number of hydrogen-bond acceptors (Lipinski definition) is 5. The van der Waals surface area contributed by atoms with Crippen LogP contribution in [0.5, 0.6) is 0 Å². The molecule has 1 unspecified atom stereocenters. The van der Waals surface area contributed by atoms with Crippen LogP contribution >= 0.6 is 24.8 Å². The van der Waals surface area contributed by atoms with E-state index in [9.17, 15) is 23.7 Å². The molecule has 2 aliphatic rings. The van der Waals surface area contributed by atoms with E-state index >= 15 is 0 Å². The van der Waals surface area contributed by atoms with E-state index < -0.39 is 29.9 Å². The number of hydrogen-bond donors (Lipinski definition) is 1. The number of carbonyl (C=O) groups is 1. The van der Waals surface area contributed by atoms with Crippen molar-refractivity contribution in [1.82, 2.24) is 10.2 Å². The number of nitro groups is 1. The number of anilines is 1. The zero-order chi connectivity index (χ0) is 17.3. The van der Waals surface area contributed by atoms with Crippen LogP contribution < -0.4 is 10.2 Å². The maximum absolute atomic E-state index is 13.2. The van der Waals surface area contributed by atoms with E-state index in [0.29, 0.717) is 26.2 Å². The Morgan fingerprint density at radius 2 is 1.88 bits per heavy atom. The first kappa shape index (κ1) is 22.3. The molecule has 146 valence electrons. The molecule has 1 amide bonds. The summed E-state index contributed by atoms with van der Waals surface area (Å²) in [6, 6.07) is 5.49. The number of rotatable bonds is 3. The van der Waals surface area contributed by atoms with Crippen molar-refractivity contribution in [2.24, 2.45) is 0 Å². The highest BCUT2D eigenvalue weighted by molar-refractivity contribution is 5.85. The number of benzene rings is 1. The van der Waals surface area contributed by atoms with Gasteiger partial charge in [-0.25, -0.2) is 8.78 Å². The van der Waals surface area contributed by atoms with Crippen LogP contribution in [0.4, 0.5) is 20.2 Å². The molecular weight excluding hydrogens is 393 g/mol. The molecule has 2 fully saturated rings. The summed E-state index contributed by atoms with van der Waals surface area (Å²) < 4.78 is 26.4. The number of nitro benzene ring substituents is 1. The zero-order valence-electron chi connectivity index (χ0n) is 13.8. The molecule has 2 aliphatic heterocycles. The Labute approximate surface area is 161 Å². The lowest BCUT2D eigenvalue weighted by atomic mass is 10.1. The number of halogens is 4. The van der Waals surface area contributed by atoms with Crippen LogP contribution in [0.1, 0.15) is 6.42 Å². The minimum absolute atomic E-state index is 0. The smallest absolute Gasteiger partial charge is 0.271 e. The Morgan fingerprint density at radius 3 is 2.42 bits per heavy atom. The molecule has 0 aromatic heterocycles. The highest BCUT2D eigenvalue weighted by Crippen LogP contribution is 2.27. The third-order valence-electron chi connectivity index (χ3n) is 4.41.